The van der Waals surface area contributed by atoms with E-state index in [1.54, 1.807) is 18.2 Å². The second-order valence-corrected chi connectivity index (χ2v) is 8.45. The van der Waals surface area contributed by atoms with Gasteiger partial charge < -0.3 is 15.2 Å². The molecule has 0 aliphatic rings. The lowest BCUT2D eigenvalue weighted by Gasteiger charge is -2.20. The van der Waals surface area contributed by atoms with Gasteiger partial charge in [-0.05, 0) is 44.5 Å². The highest BCUT2D eigenvalue weighted by molar-refractivity contribution is 6.31. The van der Waals surface area contributed by atoms with E-state index in [9.17, 15) is 14.3 Å². The number of nitrogens with one attached hydrogen (secondary N) is 1. The van der Waals surface area contributed by atoms with Gasteiger partial charge in [-0.1, -0.05) is 35.9 Å². The second kappa shape index (κ2) is 9.79. The summed E-state index contributed by atoms with van der Waals surface area (Å²) in [6.07, 6.45) is 1.34. The van der Waals surface area contributed by atoms with Crippen LogP contribution < -0.4 is 10.1 Å². The van der Waals surface area contributed by atoms with Crippen LogP contribution in [0.5, 0.6) is 5.75 Å². The average Bonchev–Trinajstić information content (AvgIpc) is 3.23. The Kier molecular flexibility index (Phi) is 6.81. The summed E-state index contributed by atoms with van der Waals surface area (Å²) >= 11 is 6.49. The van der Waals surface area contributed by atoms with Crippen LogP contribution in [0.1, 0.15) is 36.7 Å². The largest absolute Gasteiger partial charge is 0.487 e. The topological polar surface area (TPSA) is 89.3 Å². The van der Waals surface area contributed by atoms with Gasteiger partial charge in [0.25, 0.3) is 0 Å². The number of hydrogen-bond donors (Lipinski definition) is 2. The number of ether oxygens (including phenoxy) is 1. The predicted molar refractivity (Wildman–Crippen MR) is 128 cm³/mol. The van der Waals surface area contributed by atoms with Crippen LogP contribution in [0.2, 0.25) is 5.02 Å². The smallest absolute Gasteiger partial charge is 0.249 e. The lowest BCUT2D eigenvalue weighted by molar-refractivity contribution is -0.129. The Hall–Kier alpha value is -3.49. The van der Waals surface area contributed by atoms with E-state index in [2.05, 4.69) is 15.4 Å². The van der Waals surface area contributed by atoms with E-state index in [0.29, 0.717) is 27.5 Å². The predicted octanol–water partition coefficient (Wildman–Crippen LogP) is 4.66. The van der Waals surface area contributed by atoms with Crippen LogP contribution in [0, 0.1) is 12.7 Å². The van der Waals surface area contributed by atoms with Crippen molar-refractivity contribution in [3.05, 3.63) is 82.5 Å². The van der Waals surface area contributed by atoms with Crippen molar-refractivity contribution < 1.29 is 19.0 Å². The molecule has 0 aliphatic heterocycles. The first-order chi connectivity index (χ1) is 16.2. The zero-order valence-corrected chi connectivity index (χ0v) is 19.7. The lowest BCUT2D eigenvalue weighted by Crippen LogP contribution is -2.34. The molecule has 176 valence electrons. The number of benzene rings is 2. The number of carbonyl (C=O) groups is 1. The molecule has 4 aromatic rings. The molecule has 0 bridgehead atoms. The number of nitrogens with zero attached hydrogens (tertiary/aromatic N) is 3. The summed E-state index contributed by atoms with van der Waals surface area (Å²) in [7, 11) is 0. The Balaban J connectivity index is 1.68. The Morgan fingerprint density at radius 1 is 1.26 bits per heavy atom. The normalized spacial score (nSPS) is 13.0. The van der Waals surface area contributed by atoms with E-state index in [4.69, 9.17) is 16.3 Å². The van der Waals surface area contributed by atoms with Crippen LogP contribution in [0.15, 0.2) is 54.9 Å². The first-order valence-corrected chi connectivity index (χ1v) is 11.1. The fraction of sp³-hybridized carbons (Fsp3) is 0.240. The summed E-state index contributed by atoms with van der Waals surface area (Å²) in [4.78, 5) is 16.6. The van der Waals surface area contributed by atoms with E-state index >= 15 is 0 Å². The summed E-state index contributed by atoms with van der Waals surface area (Å²) in [5.41, 5.74) is 3.50. The van der Waals surface area contributed by atoms with E-state index in [0.717, 1.165) is 22.8 Å². The molecule has 2 heterocycles. The van der Waals surface area contributed by atoms with Gasteiger partial charge in [0.2, 0.25) is 5.91 Å². The maximum Gasteiger partial charge on any atom is 0.249 e. The van der Waals surface area contributed by atoms with E-state index < -0.39 is 23.9 Å². The molecule has 2 aromatic heterocycles. The molecule has 34 heavy (non-hydrogen) atoms. The number of amides is 1. The minimum Gasteiger partial charge on any atom is -0.487 e. The van der Waals surface area contributed by atoms with Crippen LogP contribution >= 0.6 is 11.6 Å². The number of aromatic nitrogens is 3. The van der Waals surface area contributed by atoms with Crippen molar-refractivity contribution in [2.24, 2.45) is 0 Å². The van der Waals surface area contributed by atoms with Crippen LogP contribution in [0.3, 0.4) is 0 Å². The van der Waals surface area contributed by atoms with Gasteiger partial charge in [0.1, 0.15) is 24.0 Å². The lowest BCUT2D eigenvalue weighted by atomic mass is 10.0. The van der Waals surface area contributed by atoms with Crippen molar-refractivity contribution in [1.82, 2.24) is 20.1 Å². The molecule has 0 saturated carbocycles. The molecule has 0 saturated heterocycles. The standard InChI is InChI=1S/C25H24ClFN4O3/c1-14-10-22(31-12-17(27)11-28-31)19-7-5-9-23(24(19)29-14)34-13-20-18(6-4-8-21(20)26)15(2)30-25(33)16(3)32/h4-12,15-16,32H,13H2,1-3H3,(H,30,33)/t15?,16-/m1/s1. The molecule has 2 aromatic carbocycles. The van der Waals surface area contributed by atoms with Crippen molar-refractivity contribution in [3.8, 4) is 11.4 Å². The van der Waals surface area contributed by atoms with Gasteiger partial charge in [0.15, 0.2) is 5.82 Å². The summed E-state index contributed by atoms with van der Waals surface area (Å²) in [5.74, 6) is -0.379. The number of fused-ring (bicyclic) bond motifs is 1. The van der Waals surface area contributed by atoms with E-state index in [1.165, 1.54) is 17.8 Å². The number of aliphatic hydroxyl groups excluding tert-OH is 1. The van der Waals surface area contributed by atoms with Crippen molar-refractivity contribution in [2.75, 3.05) is 0 Å². The quantitative estimate of drug-likeness (QED) is 0.400. The number of halogens is 2. The molecule has 2 atom stereocenters. The molecule has 7 nitrogen and oxygen atoms in total. The fourth-order valence-corrected chi connectivity index (χ4v) is 4.00. The van der Waals surface area contributed by atoms with Crippen molar-refractivity contribution in [2.45, 2.75) is 39.5 Å². The van der Waals surface area contributed by atoms with Crippen LogP contribution in [0.25, 0.3) is 16.6 Å². The minimum atomic E-state index is -1.12. The highest BCUT2D eigenvalue weighted by Gasteiger charge is 2.19. The Morgan fingerprint density at radius 3 is 2.74 bits per heavy atom. The maximum atomic E-state index is 13.6. The number of carbonyl (C=O) groups excluding carboxylic acids is 1. The fourth-order valence-electron chi connectivity index (χ4n) is 3.76. The van der Waals surface area contributed by atoms with Gasteiger partial charge >= 0.3 is 0 Å². The van der Waals surface area contributed by atoms with E-state index in [1.807, 2.05) is 38.1 Å². The second-order valence-electron chi connectivity index (χ2n) is 8.04. The molecule has 0 fully saturated rings. The van der Waals surface area contributed by atoms with Crippen LogP contribution in [-0.4, -0.2) is 31.9 Å². The number of hydrogen-bond acceptors (Lipinski definition) is 5. The van der Waals surface area contributed by atoms with Gasteiger partial charge in [0, 0.05) is 21.7 Å². The number of aliphatic hydroxyl groups is 1. The summed E-state index contributed by atoms with van der Waals surface area (Å²) in [6, 6.07) is 12.3. The molecular weight excluding hydrogens is 459 g/mol. The van der Waals surface area contributed by atoms with E-state index in [-0.39, 0.29) is 6.61 Å². The molecule has 0 radical (unpaired) electrons. The monoisotopic (exact) mass is 482 g/mol. The van der Waals surface area contributed by atoms with Crippen molar-refractivity contribution in [1.29, 1.82) is 0 Å². The molecule has 0 aliphatic carbocycles. The molecular formula is C25H24ClFN4O3. The SMILES string of the molecule is Cc1cc(-n2cc(F)cn2)c2cccc(OCc3c(Cl)cccc3C(C)NC(=O)[C@@H](C)O)c2n1. The van der Waals surface area contributed by atoms with Gasteiger partial charge in [-0.25, -0.2) is 14.1 Å². The third kappa shape index (κ3) is 4.88. The Labute approximate surface area is 201 Å². The Morgan fingerprint density at radius 2 is 2.03 bits per heavy atom. The van der Waals surface area contributed by atoms with Gasteiger partial charge in [-0.15, -0.1) is 0 Å². The Bertz CT molecular complexity index is 1360. The number of rotatable bonds is 7. The summed E-state index contributed by atoms with van der Waals surface area (Å²) in [6.45, 7) is 5.20. The first-order valence-electron chi connectivity index (χ1n) is 10.7. The highest BCUT2D eigenvalue weighted by Crippen LogP contribution is 2.32. The van der Waals surface area contributed by atoms with Gasteiger partial charge in [-0.3, -0.25) is 4.79 Å². The summed E-state index contributed by atoms with van der Waals surface area (Å²) < 4.78 is 21.2. The zero-order valence-electron chi connectivity index (χ0n) is 18.9. The zero-order chi connectivity index (χ0) is 24.4. The number of para-hydroxylation sites is 1. The third-order valence-electron chi connectivity index (χ3n) is 5.44. The molecule has 4 rings (SSSR count). The van der Waals surface area contributed by atoms with Crippen LogP contribution in [0.4, 0.5) is 4.39 Å². The van der Waals surface area contributed by atoms with Gasteiger partial charge in [0.05, 0.1) is 24.1 Å². The molecule has 1 amide bonds. The first kappa shape index (κ1) is 23.7. The average molecular weight is 483 g/mol. The molecule has 9 heteroatoms. The number of pyridine rings is 1. The molecule has 1 unspecified atom stereocenters. The molecule has 0 spiro atoms. The summed E-state index contributed by atoms with van der Waals surface area (Å²) in [5, 5.41) is 17.6. The van der Waals surface area contributed by atoms with Gasteiger partial charge in [-0.2, -0.15) is 5.10 Å². The molecule has 2 N–H and O–H groups in total. The van der Waals surface area contributed by atoms with Crippen molar-refractivity contribution in [3.63, 3.8) is 0 Å². The minimum absolute atomic E-state index is 0.129. The maximum absolute atomic E-state index is 13.6. The highest BCUT2D eigenvalue weighted by atomic mass is 35.5. The van der Waals surface area contributed by atoms with Crippen LogP contribution in [-0.2, 0) is 11.4 Å². The number of aryl methyl sites for hydroxylation is 1. The third-order valence-corrected chi connectivity index (χ3v) is 5.79. The van der Waals surface area contributed by atoms with Crippen molar-refractivity contribution >= 4 is 28.4 Å².